The number of halogens is 2. The Kier molecular flexibility index (Phi) is 9.36. The van der Waals surface area contributed by atoms with Gasteiger partial charge in [0.05, 0.1) is 49.4 Å². The second kappa shape index (κ2) is 13.5. The number of aliphatic hydroxyl groups excluding tert-OH is 3. The second-order valence-electron chi connectivity index (χ2n) is 11.2. The summed E-state index contributed by atoms with van der Waals surface area (Å²) in [5, 5.41) is 35.3. The van der Waals surface area contributed by atoms with Crippen molar-refractivity contribution >= 4 is 46.0 Å². The number of para-hydroxylation sites is 1. The second-order valence-corrected chi connectivity index (χ2v) is 12.0. The Morgan fingerprint density at radius 1 is 0.979 bits per heavy atom. The lowest BCUT2D eigenvalue weighted by Gasteiger charge is -2.40. The van der Waals surface area contributed by atoms with Gasteiger partial charge in [-0.1, -0.05) is 41.4 Å². The minimum Gasteiger partial charge on any atom is -0.493 e. The van der Waals surface area contributed by atoms with Gasteiger partial charge in [-0.2, -0.15) is 0 Å². The van der Waals surface area contributed by atoms with Crippen LogP contribution in [-0.2, 0) is 17.9 Å². The van der Waals surface area contributed by atoms with Crippen LogP contribution < -0.4 is 19.5 Å². The van der Waals surface area contributed by atoms with E-state index in [1.165, 1.54) is 25.2 Å². The maximum absolute atomic E-state index is 14.4. The predicted molar refractivity (Wildman–Crippen MR) is 173 cm³/mol. The fraction of sp³-hybridized carbons (Fsp3) is 0.294. The molecule has 0 radical (unpaired) electrons. The highest BCUT2D eigenvalue weighted by Gasteiger charge is 2.51. The summed E-state index contributed by atoms with van der Waals surface area (Å²) in [5.41, 5.74) is 2.23. The Hall–Kier alpha value is -4.26. The van der Waals surface area contributed by atoms with E-state index in [0.717, 1.165) is 0 Å². The lowest BCUT2D eigenvalue weighted by atomic mass is 9.77. The van der Waals surface area contributed by atoms with Crippen LogP contribution in [0.25, 0.3) is 11.0 Å². The minimum absolute atomic E-state index is 0.0246. The summed E-state index contributed by atoms with van der Waals surface area (Å²) in [7, 11) is 2.95. The molecule has 4 atom stereocenters. The van der Waals surface area contributed by atoms with Crippen molar-refractivity contribution in [3.63, 3.8) is 0 Å². The van der Waals surface area contributed by atoms with Gasteiger partial charge in [0, 0.05) is 29.6 Å². The summed E-state index contributed by atoms with van der Waals surface area (Å²) in [6, 6.07) is 14.0. The molecule has 11 nitrogen and oxygen atoms in total. The van der Waals surface area contributed by atoms with E-state index in [-0.39, 0.29) is 42.7 Å². The average molecular weight is 684 g/mol. The van der Waals surface area contributed by atoms with E-state index in [1.54, 1.807) is 54.6 Å². The number of amides is 2. The van der Waals surface area contributed by atoms with Gasteiger partial charge in [-0.3, -0.25) is 9.59 Å². The number of carbonyl (C=O) groups excluding carboxylic acids is 2. The van der Waals surface area contributed by atoms with Crippen molar-refractivity contribution in [2.45, 2.75) is 37.3 Å². The number of furan rings is 1. The number of nitrogens with zero attached hydrogens (tertiary/aromatic N) is 1. The predicted octanol–water partition coefficient (Wildman–Crippen LogP) is 4.21. The summed E-state index contributed by atoms with van der Waals surface area (Å²) in [4.78, 5) is 29.5. The summed E-state index contributed by atoms with van der Waals surface area (Å²) < 4.78 is 23.3. The lowest BCUT2D eigenvalue weighted by molar-refractivity contribution is -0.118. The van der Waals surface area contributed by atoms with Gasteiger partial charge in [-0.05, 0) is 53.6 Å². The molecule has 1 aliphatic heterocycles. The van der Waals surface area contributed by atoms with E-state index in [1.807, 2.05) is 0 Å². The van der Waals surface area contributed by atoms with E-state index >= 15 is 0 Å². The number of hydrogen-bond acceptors (Lipinski definition) is 9. The maximum Gasteiger partial charge on any atom is 0.290 e. The largest absolute Gasteiger partial charge is 0.493 e. The summed E-state index contributed by atoms with van der Waals surface area (Å²) in [5.74, 6) is -0.845. The van der Waals surface area contributed by atoms with Crippen LogP contribution in [0.2, 0.25) is 10.0 Å². The van der Waals surface area contributed by atoms with Gasteiger partial charge < -0.3 is 44.2 Å². The molecule has 3 aromatic carbocycles. The topological polar surface area (TPSA) is 151 Å². The van der Waals surface area contributed by atoms with Gasteiger partial charge in [-0.15, -0.1) is 0 Å². The SMILES string of the molecule is COc1cc(CO)cc2c1OC1C2C(C(=O)NCCO)=CC(N(Cc2ccc(Cl)c(Cl)c2)C(=O)c2cc3cccc(OC)c3o2)C1O. The molecule has 0 bridgehead atoms. The Morgan fingerprint density at radius 3 is 2.47 bits per heavy atom. The number of ether oxygens (including phenoxy) is 3. The molecule has 2 heterocycles. The molecule has 0 saturated heterocycles. The molecular weight excluding hydrogens is 651 g/mol. The number of benzene rings is 3. The van der Waals surface area contributed by atoms with E-state index < -0.39 is 36.0 Å². The summed E-state index contributed by atoms with van der Waals surface area (Å²) >= 11 is 12.5. The monoisotopic (exact) mass is 682 g/mol. The van der Waals surface area contributed by atoms with Crippen LogP contribution in [0.4, 0.5) is 0 Å². The third-order valence-electron chi connectivity index (χ3n) is 8.39. The van der Waals surface area contributed by atoms with Gasteiger partial charge >= 0.3 is 0 Å². The zero-order valence-electron chi connectivity index (χ0n) is 25.4. The molecule has 0 saturated carbocycles. The molecule has 1 aromatic heterocycles. The molecular formula is C34H32Cl2N2O9. The first-order valence-electron chi connectivity index (χ1n) is 14.8. The Bertz CT molecular complexity index is 1870. The molecule has 4 unspecified atom stereocenters. The third kappa shape index (κ3) is 6.01. The standard InChI is InChI=1S/C34H32Cl2N2O9/c1-44-25-5-3-4-19-13-27(46-30(19)25)34(43)38(15-17-6-7-22(35)23(36)11-17)24-14-21(33(42)37-8-9-39)28-20-10-18(16-40)12-26(45-2)31(20)47-32(28)29(24)41/h3-7,10-14,24,28-29,32,39-41H,8-9,15-16H2,1-2H3,(H,37,42). The van der Waals surface area contributed by atoms with Gasteiger partial charge in [0.15, 0.2) is 28.6 Å². The highest BCUT2D eigenvalue weighted by molar-refractivity contribution is 6.42. The van der Waals surface area contributed by atoms with Crippen LogP contribution in [-0.4, -0.2) is 77.7 Å². The van der Waals surface area contributed by atoms with Crippen molar-refractivity contribution in [2.75, 3.05) is 27.4 Å². The van der Waals surface area contributed by atoms with Crippen LogP contribution in [0.5, 0.6) is 17.2 Å². The molecule has 4 N–H and O–H groups in total. The average Bonchev–Trinajstić information content (AvgIpc) is 3.70. The molecule has 0 fully saturated rings. The van der Waals surface area contributed by atoms with Gasteiger partial charge in [0.2, 0.25) is 5.91 Å². The van der Waals surface area contributed by atoms with Crippen LogP contribution in [0.15, 0.2) is 70.7 Å². The van der Waals surface area contributed by atoms with Crippen LogP contribution in [0.3, 0.4) is 0 Å². The van der Waals surface area contributed by atoms with E-state index in [4.69, 9.17) is 41.8 Å². The van der Waals surface area contributed by atoms with Gasteiger partial charge in [0.1, 0.15) is 12.2 Å². The number of carbonyl (C=O) groups is 2. The first-order valence-corrected chi connectivity index (χ1v) is 15.5. The fourth-order valence-corrected chi connectivity index (χ4v) is 6.53. The molecule has 0 spiro atoms. The Balaban J connectivity index is 1.49. The summed E-state index contributed by atoms with van der Waals surface area (Å²) in [6.45, 7) is -0.681. The van der Waals surface area contributed by atoms with Crippen molar-refractivity contribution < 1.29 is 43.5 Å². The molecule has 2 amide bonds. The molecule has 2 aliphatic rings. The molecule has 47 heavy (non-hydrogen) atoms. The number of nitrogens with one attached hydrogen (secondary N) is 1. The first-order chi connectivity index (χ1) is 22.7. The number of fused-ring (bicyclic) bond motifs is 4. The minimum atomic E-state index is -1.35. The van der Waals surface area contributed by atoms with Crippen molar-refractivity contribution in [1.29, 1.82) is 0 Å². The van der Waals surface area contributed by atoms with Crippen molar-refractivity contribution in [1.82, 2.24) is 10.2 Å². The quantitative estimate of drug-likeness (QED) is 0.193. The Labute approximate surface area is 279 Å². The van der Waals surface area contributed by atoms with Crippen molar-refractivity contribution in [2.24, 2.45) is 0 Å². The third-order valence-corrected chi connectivity index (χ3v) is 9.13. The number of aliphatic hydroxyl groups is 3. The zero-order chi connectivity index (χ0) is 33.4. The van der Waals surface area contributed by atoms with Crippen molar-refractivity contribution in [3.05, 3.63) is 98.7 Å². The van der Waals surface area contributed by atoms with E-state index in [0.29, 0.717) is 49.9 Å². The van der Waals surface area contributed by atoms with Crippen molar-refractivity contribution in [3.8, 4) is 17.2 Å². The number of rotatable bonds is 10. The zero-order valence-corrected chi connectivity index (χ0v) is 26.9. The smallest absolute Gasteiger partial charge is 0.290 e. The van der Waals surface area contributed by atoms with Crippen LogP contribution in [0, 0.1) is 0 Å². The molecule has 4 aromatic rings. The normalized spacial score (nSPS) is 19.8. The van der Waals surface area contributed by atoms with E-state index in [2.05, 4.69) is 5.32 Å². The summed E-state index contributed by atoms with van der Waals surface area (Å²) in [6.07, 6.45) is -0.847. The molecule has 246 valence electrons. The number of methoxy groups -OCH3 is 2. The van der Waals surface area contributed by atoms with Crippen LogP contribution >= 0.6 is 23.2 Å². The molecule has 13 heteroatoms. The molecule has 6 rings (SSSR count). The molecule has 1 aliphatic carbocycles. The highest BCUT2D eigenvalue weighted by atomic mass is 35.5. The van der Waals surface area contributed by atoms with Gasteiger partial charge in [0.25, 0.3) is 5.91 Å². The Morgan fingerprint density at radius 2 is 1.77 bits per heavy atom. The fourth-order valence-electron chi connectivity index (χ4n) is 6.21. The number of hydrogen-bond donors (Lipinski definition) is 4. The van der Waals surface area contributed by atoms with E-state index in [9.17, 15) is 24.9 Å². The first kappa shape index (κ1) is 32.7. The lowest BCUT2D eigenvalue weighted by Crippen LogP contribution is -2.55. The van der Waals surface area contributed by atoms with Crippen LogP contribution in [0.1, 0.15) is 33.2 Å². The van der Waals surface area contributed by atoms with Gasteiger partial charge in [-0.25, -0.2) is 0 Å². The maximum atomic E-state index is 14.4. The highest BCUT2D eigenvalue weighted by Crippen LogP contribution is 2.51.